The molecule has 0 radical (unpaired) electrons. The van der Waals surface area contributed by atoms with Gasteiger partial charge in [0.25, 0.3) is 11.8 Å². The number of carbonyl (C=O) groups excluding carboxylic acids is 6. The first-order valence-electron chi connectivity index (χ1n) is 37.1. The van der Waals surface area contributed by atoms with E-state index in [2.05, 4.69) is 42.5 Å². The van der Waals surface area contributed by atoms with Gasteiger partial charge in [0.1, 0.15) is 23.0 Å². The van der Waals surface area contributed by atoms with E-state index in [1.807, 2.05) is 194 Å². The molecule has 1 heterocycles. The van der Waals surface area contributed by atoms with E-state index in [0.29, 0.717) is 176 Å². The minimum atomic E-state index is -0.469. The van der Waals surface area contributed by atoms with Gasteiger partial charge in [-0.15, -0.1) is 0 Å². The predicted octanol–water partition coefficient (Wildman–Crippen LogP) is 20.3. The Hall–Kier alpha value is -11.6. The van der Waals surface area contributed by atoms with Crippen molar-refractivity contribution in [3.05, 3.63) is 248 Å². The summed E-state index contributed by atoms with van der Waals surface area (Å²) in [6.45, 7) is 15.9. The van der Waals surface area contributed by atoms with Crippen molar-refractivity contribution in [3.8, 4) is 23.0 Å². The number of anilines is 8. The van der Waals surface area contributed by atoms with Crippen LogP contribution in [0.4, 0.5) is 64.7 Å². The maximum absolute atomic E-state index is 14.4. The van der Waals surface area contributed by atoms with Crippen LogP contribution in [0, 0.1) is 27.7 Å². The summed E-state index contributed by atoms with van der Waals surface area (Å²) in [5, 5.41) is 24.8. The summed E-state index contributed by atoms with van der Waals surface area (Å²) in [4.78, 5) is 84.8. The molecule has 9 aromatic carbocycles. The fraction of sp³-hybridized carbons (Fsp3) is 0.310. The number of hydrogen-bond donors (Lipinski definition) is 8. The van der Waals surface area contributed by atoms with E-state index in [1.165, 1.54) is 4.90 Å². The second-order valence-electron chi connectivity index (χ2n) is 27.5. The van der Waals surface area contributed by atoms with E-state index in [-0.39, 0.29) is 37.5 Å². The number of ether oxygens (including phenoxy) is 4. The number of rotatable bonds is 29. The minimum absolute atomic E-state index is 0.169. The van der Waals surface area contributed by atoms with Gasteiger partial charge in [-0.2, -0.15) is 0 Å². The highest BCUT2D eigenvalue weighted by Crippen LogP contribution is 2.44. The van der Waals surface area contributed by atoms with Crippen molar-refractivity contribution in [2.75, 3.05) is 75.5 Å². The molecule has 106 heavy (non-hydrogen) atoms. The van der Waals surface area contributed by atoms with E-state index in [4.69, 9.17) is 18.9 Å². The molecule has 0 unspecified atom stereocenters. The predicted molar refractivity (Wildman–Crippen MR) is 424 cm³/mol. The second-order valence-corrected chi connectivity index (χ2v) is 27.5. The molecule has 2 aliphatic rings. The molecule has 9 aromatic rings. The van der Waals surface area contributed by atoms with Gasteiger partial charge in [-0.25, -0.2) is 19.2 Å². The highest BCUT2D eigenvalue weighted by Gasteiger charge is 2.35. The van der Waals surface area contributed by atoms with E-state index < -0.39 is 24.1 Å². The van der Waals surface area contributed by atoms with E-state index >= 15 is 0 Å². The molecule has 0 atom stereocenters. The smallest absolute Gasteiger partial charge is 0.323 e. The number of hydrogen-bond acceptors (Lipinski definition) is 10. The van der Waals surface area contributed by atoms with Gasteiger partial charge in [0.2, 0.25) is 0 Å². The number of fused-ring (bicyclic) bond motifs is 9. The number of amides is 10. The molecular weight excluding hydrogens is 1330 g/mol. The number of nitrogens with one attached hydrogen (secondary N) is 8. The Morgan fingerprint density at radius 3 is 0.783 bits per heavy atom. The monoisotopic (exact) mass is 1430 g/mol. The number of aryl methyl sites for hydroxylation is 4. The van der Waals surface area contributed by atoms with Crippen LogP contribution in [0.15, 0.2) is 170 Å². The fourth-order valence-corrected chi connectivity index (χ4v) is 13.3. The van der Waals surface area contributed by atoms with Crippen LogP contribution in [-0.4, -0.2) is 73.8 Å². The lowest BCUT2D eigenvalue weighted by Gasteiger charge is -2.25. The van der Waals surface area contributed by atoms with Gasteiger partial charge in [0.15, 0.2) is 0 Å². The number of nitrogens with zero attached hydrogens (tertiary/aromatic N) is 1. The molecular formula is C87H97N9O10. The van der Waals surface area contributed by atoms with Crippen LogP contribution in [0.25, 0.3) is 0 Å². The highest BCUT2D eigenvalue weighted by atomic mass is 16.5. The number of carbonyl (C=O) groups is 6. The maximum Gasteiger partial charge on any atom is 0.323 e. The zero-order valence-electron chi connectivity index (χ0n) is 61.8. The molecule has 0 saturated carbocycles. The molecule has 19 nitrogen and oxygen atoms in total. The van der Waals surface area contributed by atoms with Crippen molar-refractivity contribution in [2.24, 2.45) is 0 Å². The number of unbranched alkanes of at least 4 members (excludes halogenated alkanes) is 7. The summed E-state index contributed by atoms with van der Waals surface area (Å²) >= 11 is 0. The number of urea groups is 4. The first-order valence-corrected chi connectivity index (χ1v) is 37.1. The molecule has 8 bridgehead atoms. The number of benzene rings is 9. The topological polar surface area (TPSA) is 239 Å². The minimum Gasteiger partial charge on any atom is -0.493 e. The molecule has 0 saturated heterocycles. The molecule has 19 heteroatoms. The fourth-order valence-electron chi connectivity index (χ4n) is 13.3. The summed E-state index contributed by atoms with van der Waals surface area (Å²) < 4.78 is 28.2. The van der Waals surface area contributed by atoms with Crippen molar-refractivity contribution in [3.63, 3.8) is 0 Å². The summed E-state index contributed by atoms with van der Waals surface area (Å²) in [6, 6.07) is 50.9. The van der Waals surface area contributed by atoms with Gasteiger partial charge in [0, 0.05) is 122 Å². The maximum atomic E-state index is 14.4. The molecule has 8 N–H and O–H groups in total. The van der Waals surface area contributed by atoms with Gasteiger partial charge in [-0.3, -0.25) is 14.5 Å². The van der Waals surface area contributed by atoms with Crippen LogP contribution < -0.4 is 61.5 Å². The lowest BCUT2D eigenvalue weighted by Crippen LogP contribution is -2.30. The van der Waals surface area contributed by atoms with Gasteiger partial charge in [-0.1, -0.05) is 142 Å². The van der Waals surface area contributed by atoms with Crippen LogP contribution >= 0.6 is 0 Å². The Labute approximate surface area is 622 Å². The third-order valence-electron chi connectivity index (χ3n) is 18.5. The Bertz CT molecular complexity index is 4390. The summed E-state index contributed by atoms with van der Waals surface area (Å²) in [6.07, 6.45) is 9.87. The molecule has 1 aliphatic carbocycles. The average Bonchev–Trinajstić information content (AvgIpc) is 1.50. The van der Waals surface area contributed by atoms with Crippen molar-refractivity contribution >= 4 is 81.4 Å². The van der Waals surface area contributed by atoms with Gasteiger partial charge >= 0.3 is 24.1 Å². The van der Waals surface area contributed by atoms with Crippen LogP contribution in [0.3, 0.4) is 0 Å². The summed E-state index contributed by atoms with van der Waals surface area (Å²) in [5.74, 6) is 1.86. The van der Waals surface area contributed by atoms with Crippen molar-refractivity contribution in [1.29, 1.82) is 0 Å². The Morgan fingerprint density at radius 2 is 0.528 bits per heavy atom. The zero-order chi connectivity index (χ0) is 74.5. The molecule has 550 valence electrons. The SMILES string of the molecule is CCCOc1c2cc(NC(=O)Nc3ccc(C)cc3)cc1Cc1cc(NC(=O)Nc3ccc(C)cc3)cc(c1OCCC)Cc1cc(NC(=O)Nc3ccc(C)cc3)cc(c1OCCCCCCCCCCN1C(=O)c3ccccc3C1=O)Cc1cc(NC(=O)Nc3ccc(C)cc3)cc(c1OCCC)C2. The second kappa shape index (κ2) is 36.7. The van der Waals surface area contributed by atoms with E-state index in [9.17, 15) is 28.8 Å². The summed E-state index contributed by atoms with van der Waals surface area (Å²) in [7, 11) is 0. The van der Waals surface area contributed by atoms with Gasteiger partial charge < -0.3 is 61.5 Å². The Morgan fingerprint density at radius 1 is 0.302 bits per heavy atom. The van der Waals surface area contributed by atoms with Gasteiger partial charge in [0.05, 0.1) is 37.6 Å². The lowest BCUT2D eigenvalue weighted by atomic mass is 9.90. The summed E-state index contributed by atoms with van der Waals surface area (Å²) in [5.41, 5.74) is 15.1. The first kappa shape index (κ1) is 75.6. The quantitative estimate of drug-likeness (QED) is 0.0163. The first-order chi connectivity index (χ1) is 51.4. The average molecular weight is 1430 g/mol. The van der Waals surface area contributed by atoms with E-state index in [0.717, 1.165) is 73.6 Å². The van der Waals surface area contributed by atoms with Crippen LogP contribution in [0.1, 0.15) is 179 Å². The van der Waals surface area contributed by atoms with Crippen molar-refractivity contribution in [1.82, 2.24) is 4.90 Å². The van der Waals surface area contributed by atoms with Crippen LogP contribution in [0.2, 0.25) is 0 Å². The Kier molecular flexibility index (Phi) is 26.2. The molecule has 0 fully saturated rings. The number of imide groups is 1. The molecule has 1 aliphatic heterocycles. The Balaban J connectivity index is 1.03. The zero-order valence-corrected chi connectivity index (χ0v) is 61.8. The van der Waals surface area contributed by atoms with Crippen molar-refractivity contribution in [2.45, 2.75) is 145 Å². The van der Waals surface area contributed by atoms with Crippen molar-refractivity contribution < 1.29 is 47.7 Å². The van der Waals surface area contributed by atoms with Gasteiger partial charge in [-0.05, 0) is 169 Å². The third kappa shape index (κ3) is 20.6. The highest BCUT2D eigenvalue weighted by molar-refractivity contribution is 6.21. The molecule has 0 aromatic heterocycles. The van der Waals surface area contributed by atoms with Crippen LogP contribution in [0.5, 0.6) is 23.0 Å². The normalized spacial score (nSPS) is 12.2. The molecule has 11 rings (SSSR count). The molecule has 0 spiro atoms. The third-order valence-corrected chi connectivity index (χ3v) is 18.5. The molecule has 10 amide bonds. The van der Waals surface area contributed by atoms with E-state index in [1.54, 1.807) is 24.3 Å². The van der Waals surface area contributed by atoms with Crippen LogP contribution in [-0.2, 0) is 25.7 Å². The largest absolute Gasteiger partial charge is 0.493 e. The lowest BCUT2D eigenvalue weighted by molar-refractivity contribution is 0.0651. The standard InChI is InChI=1S/C87H97N9O10/c1-8-40-103-78-60-44-62-50-73(93-85(100)89-69-33-25-57(5)26-34-69)52-64(79(62)104-41-9-2)46-66-54-75(95-87(102)91-71-37-29-59(7)30-38-71)55-67(81(66)106-43-20-16-14-12-11-13-15-19-39-96-82(97)76-21-17-18-22-77(76)83(96)98)47-65-53-74(94-86(101)90-70-35-27-58(6)28-36-70)51-63(80(65)105-42-10-3)45-61(78)49-72(48-60)92-84(99)88-68-31-23-56(4)24-32-68/h17-18,21-38,48-55H,8-16,19-20,39-47H2,1-7H3,(H2,88,92,99)(H2,89,93,100)(H2,90,94,101)(H2,91,95,102).